The van der Waals surface area contributed by atoms with Gasteiger partial charge in [-0.05, 0) is 84.9 Å². The molecular formula is C46H59N7O7. The van der Waals surface area contributed by atoms with Gasteiger partial charge in [0.05, 0.1) is 46.5 Å². The SMILES string of the molecule is CCN1CCN(C(=O)N(Cc2ccc(C(=O)CN)cc2)c2ccc(OC)cc2)CC1.CCN1CCN(C(=O)N(Cc2ccc(C(=O)OC)cc2)c2ccc(OC)cc2)CC1. The number of piperazine rings is 2. The number of amides is 4. The molecule has 320 valence electrons. The van der Waals surface area contributed by atoms with Crippen molar-refractivity contribution in [2.75, 3.05) is 103 Å². The Hall–Kier alpha value is -5.96. The average Bonchev–Trinajstić information content (AvgIpc) is 3.32. The topological polar surface area (TPSA) is 141 Å². The average molecular weight is 822 g/mol. The van der Waals surface area contributed by atoms with Crippen LogP contribution in [0.15, 0.2) is 97.1 Å². The van der Waals surface area contributed by atoms with Crippen molar-refractivity contribution in [1.82, 2.24) is 19.6 Å². The van der Waals surface area contributed by atoms with Crippen LogP contribution in [0.2, 0.25) is 0 Å². The first-order chi connectivity index (χ1) is 29.1. The van der Waals surface area contributed by atoms with E-state index in [0.717, 1.165) is 73.3 Å². The van der Waals surface area contributed by atoms with E-state index in [2.05, 4.69) is 23.6 Å². The van der Waals surface area contributed by atoms with E-state index in [1.807, 2.05) is 82.6 Å². The lowest BCUT2D eigenvalue weighted by Crippen LogP contribution is -2.52. The lowest BCUT2D eigenvalue weighted by molar-refractivity contribution is 0.0600. The normalized spacial score (nSPS) is 14.4. The maximum atomic E-state index is 13.4. The number of nitrogens with two attached hydrogens (primary N) is 1. The number of carbonyl (C=O) groups excluding carboxylic acids is 4. The fourth-order valence-electron chi connectivity index (χ4n) is 7.06. The Labute approximate surface area is 354 Å². The summed E-state index contributed by atoms with van der Waals surface area (Å²) in [5, 5.41) is 0. The van der Waals surface area contributed by atoms with Crippen LogP contribution in [0.1, 0.15) is 45.7 Å². The van der Waals surface area contributed by atoms with Crippen molar-refractivity contribution in [3.8, 4) is 11.5 Å². The number of ether oxygens (including phenoxy) is 3. The Morgan fingerprint density at radius 2 is 0.900 bits per heavy atom. The number of hydrogen-bond acceptors (Lipinski definition) is 10. The summed E-state index contributed by atoms with van der Waals surface area (Å²) in [6.07, 6.45) is 0. The molecule has 0 atom stereocenters. The maximum absolute atomic E-state index is 13.4. The van der Waals surface area contributed by atoms with Crippen LogP contribution in [0.25, 0.3) is 0 Å². The molecule has 14 heteroatoms. The number of Topliss-reactive ketones (excluding diaryl/α,β-unsaturated/α-hetero) is 1. The molecule has 4 aromatic rings. The largest absolute Gasteiger partial charge is 0.497 e. The molecule has 2 aliphatic heterocycles. The molecule has 6 rings (SSSR count). The molecule has 0 spiro atoms. The minimum atomic E-state index is -0.376. The molecule has 60 heavy (non-hydrogen) atoms. The van der Waals surface area contributed by atoms with Crippen LogP contribution in [0, 0.1) is 0 Å². The number of nitrogens with zero attached hydrogens (tertiary/aromatic N) is 6. The second-order valence-corrected chi connectivity index (χ2v) is 14.5. The van der Waals surface area contributed by atoms with Gasteiger partial charge in [-0.1, -0.05) is 50.2 Å². The summed E-state index contributed by atoms with van der Waals surface area (Å²) in [6, 6.07) is 29.4. The number of methoxy groups -OCH3 is 3. The van der Waals surface area contributed by atoms with Crippen LogP contribution in [-0.2, 0) is 17.8 Å². The van der Waals surface area contributed by atoms with Crippen molar-refractivity contribution >= 4 is 35.2 Å². The predicted molar refractivity (Wildman–Crippen MR) is 234 cm³/mol. The first kappa shape index (κ1) is 45.1. The molecule has 14 nitrogen and oxygen atoms in total. The highest BCUT2D eigenvalue weighted by atomic mass is 16.5. The fraction of sp³-hybridized carbons (Fsp3) is 0.391. The molecule has 4 amide bonds. The van der Waals surface area contributed by atoms with Gasteiger partial charge in [-0.2, -0.15) is 0 Å². The van der Waals surface area contributed by atoms with Crippen molar-refractivity contribution in [2.24, 2.45) is 5.73 Å². The van der Waals surface area contributed by atoms with Crippen molar-refractivity contribution < 1.29 is 33.4 Å². The highest BCUT2D eigenvalue weighted by molar-refractivity contribution is 5.97. The summed E-state index contributed by atoms with van der Waals surface area (Å²) in [5.74, 6) is 1.01. The van der Waals surface area contributed by atoms with Gasteiger partial charge >= 0.3 is 18.0 Å². The summed E-state index contributed by atoms with van der Waals surface area (Å²) < 4.78 is 15.3. The van der Waals surface area contributed by atoms with Crippen molar-refractivity contribution in [3.63, 3.8) is 0 Å². The number of anilines is 2. The molecule has 0 radical (unpaired) electrons. The van der Waals surface area contributed by atoms with Crippen LogP contribution in [0.5, 0.6) is 11.5 Å². The molecular weight excluding hydrogens is 763 g/mol. The van der Waals surface area contributed by atoms with Gasteiger partial charge in [0.1, 0.15) is 11.5 Å². The first-order valence-corrected chi connectivity index (χ1v) is 20.5. The molecule has 2 aliphatic rings. The number of urea groups is 2. The van der Waals surface area contributed by atoms with Gasteiger partial charge in [0.25, 0.3) is 0 Å². The zero-order valence-electron chi connectivity index (χ0n) is 35.5. The smallest absolute Gasteiger partial charge is 0.337 e. The van der Waals surface area contributed by atoms with Crippen LogP contribution < -0.4 is 25.0 Å². The second-order valence-electron chi connectivity index (χ2n) is 14.5. The van der Waals surface area contributed by atoms with Gasteiger partial charge in [-0.3, -0.25) is 14.6 Å². The standard InChI is InChI=1S/C23H30N4O3.C23H29N3O4/c1-3-25-12-14-26(15-13-25)23(29)27(20-8-10-21(30-2)11-9-20)17-18-4-6-19(7-5-18)22(28)16-24;1-4-24-13-15-25(16-14-24)23(28)26(20-9-11-21(29-2)12-10-20)17-18-5-7-19(8-6-18)22(27)30-3/h4-11H,3,12-17,24H2,1-2H3;5-12H,4,13-17H2,1-3H3. The van der Waals surface area contributed by atoms with Gasteiger partial charge in [0, 0.05) is 69.3 Å². The van der Waals surface area contributed by atoms with E-state index in [9.17, 15) is 19.2 Å². The molecule has 0 unspecified atom stereocenters. The minimum absolute atomic E-state index is 0.0143. The quantitative estimate of drug-likeness (QED) is 0.129. The molecule has 2 saturated heterocycles. The lowest BCUT2D eigenvalue weighted by Gasteiger charge is -2.37. The second kappa shape index (κ2) is 22.4. The Kier molecular flexibility index (Phi) is 16.9. The highest BCUT2D eigenvalue weighted by Crippen LogP contribution is 2.25. The van der Waals surface area contributed by atoms with E-state index in [1.165, 1.54) is 7.11 Å². The van der Waals surface area contributed by atoms with Crippen LogP contribution in [-0.4, -0.2) is 137 Å². The molecule has 4 aromatic carbocycles. The van der Waals surface area contributed by atoms with E-state index in [-0.39, 0.29) is 30.4 Å². The monoisotopic (exact) mass is 821 g/mol. The van der Waals surface area contributed by atoms with Gasteiger partial charge < -0.3 is 39.5 Å². The van der Waals surface area contributed by atoms with E-state index in [1.54, 1.807) is 48.3 Å². The summed E-state index contributed by atoms with van der Waals surface area (Å²) in [7, 11) is 4.60. The molecule has 2 fully saturated rings. The van der Waals surface area contributed by atoms with Crippen molar-refractivity contribution in [3.05, 3.63) is 119 Å². The van der Waals surface area contributed by atoms with E-state index in [4.69, 9.17) is 19.9 Å². The molecule has 0 aromatic heterocycles. The Morgan fingerprint density at radius 1 is 0.533 bits per heavy atom. The zero-order chi connectivity index (χ0) is 43.0. The number of esters is 1. The molecule has 0 bridgehead atoms. The summed E-state index contributed by atoms with van der Waals surface area (Å²) >= 11 is 0. The van der Waals surface area contributed by atoms with Crippen molar-refractivity contribution in [1.29, 1.82) is 0 Å². The summed E-state index contributed by atoms with van der Waals surface area (Å²) in [4.78, 5) is 62.3. The van der Waals surface area contributed by atoms with E-state index in [0.29, 0.717) is 50.4 Å². The summed E-state index contributed by atoms with van der Waals surface area (Å²) in [5.41, 5.74) is 9.99. The third kappa shape index (κ3) is 12.1. The number of hydrogen-bond donors (Lipinski definition) is 1. The Morgan fingerprint density at radius 3 is 1.22 bits per heavy atom. The highest BCUT2D eigenvalue weighted by Gasteiger charge is 2.28. The van der Waals surface area contributed by atoms with E-state index < -0.39 is 0 Å². The zero-order valence-corrected chi connectivity index (χ0v) is 35.5. The number of rotatable bonds is 13. The van der Waals surface area contributed by atoms with Crippen LogP contribution in [0.3, 0.4) is 0 Å². The molecule has 0 aliphatic carbocycles. The van der Waals surface area contributed by atoms with Gasteiger partial charge in [-0.25, -0.2) is 14.4 Å². The molecule has 2 heterocycles. The number of benzene rings is 4. The van der Waals surface area contributed by atoms with Crippen molar-refractivity contribution in [2.45, 2.75) is 26.9 Å². The van der Waals surface area contributed by atoms with Gasteiger partial charge in [0.2, 0.25) is 0 Å². The molecule has 0 saturated carbocycles. The summed E-state index contributed by atoms with van der Waals surface area (Å²) in [6.45, 7) is 13.4. The maximum Gasteiger partial charge on any atom is 0.337 e. The predicted octanol–water partition coefficient (Wildman–Crippen LogP) is 5.85. The Bertz CT molecular complexity index is 1830. The number of carbonyl (C=O) groups is 4. The fourth-order valence-corrected chi connectivity index (χ4v) is 7.06. The number of likely N-dealkylation sites (N-methyl/N-ethyl adjacent to an activating group) is 2. The third-order valence-corrected chi connectivity index (χ3v) is 10.9. The first-order valence-electron chi connectivity index (χ1n) is 20.5. The van der Waals surface area contributed by atoms with Gasteiger partial charge in [0.15, 0.2) is 5.78 Å². The minimum Gasteiger partial charge on any atom is -0.497 e. The third-order valence-electron chi connectivity index (χ3n) is 10.9. The van der Waals surface area contributed by atoms with E-state index >= 15 is 0 Å². The molecule has 2 N–H and O–H groups in total. The van der Waals surface area contributed by atoms with Crippen LogP contribution >= 0.6 is 0 Å². The van der Waals surface area contributed by atoms with Gasteiger partial charge in [-0.15, -0.1) is 0 Å². The Balaban J connectivity index is 0.000000228. The van der Waals surface area contributed by atoms with Crippen LogP contribution in [0.4, 0.5) is 21.0 Å². The lowest BCUT2D eigenvalue weighted by atomic mass is 10.1. The number of ketones is 1.